The number of hydrogen-bond acceptors (Lipinski definition) is 5. The number of nitrogen functional groups attached to an aromatic ring is 1. The van der Waals surface area contributed by atoms with E-state index in [0.29, 0.717) is 23.9 Å². The zero-order chi connectivity index (χ0) is 9.68. The van der Waals surface area contributed by atoms with Gasteiger partial charge in [-0.1, -0.05) is 0 Å². The summed E-state index contributed by atoms with van der Waals surface area (Å²) in [6.45, 7) is 0.461. The number of nitrogens with two attached hydrogens (primary N) is 1. The zero-order valence-electron chi connectivity index (χ0n) is 7.86. The fourth-order valence-electron chi connectivity index (χ4n) is 0.882. The van der Waals surface area contributed by atoms with Gasteiger partial charge in [0.05, 0.1) is 19.4 Å². The second-order valence-corrected chi connectivity index (χ2v) is 2.44. The number of methoxy groups -OCH3 is 1. The summed E-state index contributed by atoms with van der Waals surface area (Å²) < 4.78 is 4.92. The van der Waals surface area contributed by atoms with Gasteiger partial charge in [-0.2, -0.15) is 4.98 Å². The van der Waals surface area contributed by atoms with Gasteiger partial charge in [0, 0.05) is 12.6 Å². The Bertz CT molecular complexity index is 283. The minimum absolute atomic E-state index is 0. The number of rotatable bonds is 4. The smallest absolute Gasteiger partial charge is 0.215 e. The number of pyridine rings is 1. The Kier molecular flexibility index (Phi) is 5.74. The van der Waals surface area contributed by atoms with Crippen LogP contribution >= 0.6 is 12.4 Å². The van der Waals surface area contributed by atoms with Crippen molar-refractivity contribution in [3.63, 3.8) is 0 Å². The van der Waals surface area contributed by atoms with E-state index in [9.17, 15) is 0 Å². The first-order valence-electron chi connectivity index (χ1n) is 3.93. The van der Waals surface area contributed by atoms with Gasteiger partial charge in [-0.25, -0.2) is 0 Å². The highest BCUT2D eigenvalue weighted by atomic mass is 35.5. The molecule has 0 saturated carbocycles. The molecule has 4 N–H and O–H groups in total. The Morgan fingerprint density at radius 1 is 1.57 bits per heavy atom. The van der Waals surface area contributed by atoms with E-state index in [1.54, 1.807) is 12.1 Å². The van der Waals surface area contributed by atoms with Crippen molar-refractivity contribution >= 4 is 23.9 Å². The second kappa shape index (κ2) is 6.28. The average molecular weight is 220 g/mol. The number of aliphatic hydroxyl groups is 1. The van der Waals surface area contributed by atoms with Gasteiger partial charge in [-0.05, 0) is 6.07 Å². The predicted molar refractivity (Wildman–Crippen MR) is 58.0 cm³/mol. The van der Waals surface area contributed by atoms with Crippen LogP contribution in [0, 0.1) is 0 Å². The van der Waals surface area contributed by atoms with E-state index < -0.39 is 0 Å². The number of aliphatic hydroxyl groups excluding tert-OH is 1. The first-order valence-corrected chi connectivity index (χ1v) is 3.93. The molecule has 0 aliphatic carbocycles. The lowest BCUT2D eigenvalue weighted by Gasteiger charge is -2.07. The Morgan fingerprint density at radius 3 is 2.86 bits per heavy atom. The zero-order valence-corrected chi connectivity index (χ0v) is 8.67. The van der Waals surface area contributed by atoms with Crippen molar-refractivity contribution in [2.75, 3.05) is 31.3 Å². The molecule has 0 aliphatic heterocycles. The minimum atomic E-state index is 0. The molecule has 6 heteroatoms. The number of hydrogen-bond donors (Lipinski definition) is 3. The van der Waals surface area contributed by atoms with Crippen LogP contribution in [0.2, 0.25) is 0 Å². The van der Waals surface area contributed by atoms with E-state index in [-0.39, 0.29) is 19.0 Å². The van der Waals surface area contributed by atoms with Crippen LogP contribution in [0.1, 0.15) is 0 Å². The highest BCUT2D eigenvalue weighted by Crippen LogP contribution is 2.18. The van der Waals surface area contributed by atoms with Gasteiger partial charge in [0.1, 0.15) is 0 Å². The van der Waals surface area contributed by atoms with Crippen molar-refractivity contribution in [3.8, 4) is 5.88 Å². The molecule has 80 valence electrons. The van der Waals surface area contributed by atoms with E-state index in [1.807, 2.05) is 0 Å². The van der Waals surface area contributed by atoms with Crippen LogP contribution in [0.4, 0.5) is 11.5 Å². The minimum Gasteiger partial charge on any atom is -0.481 e. The van der Waals surface area contributed by atoms with Gasteiger partial charge >= 0.3 is 0 Å². The van der Waals surface area contributed by atoms with Gasteiger partial charge in [0.25, 0.3) is 0 Å². The molecule has 1 heterocycles. The lowest BCUT2D eigenvalue weighted by molar-refractivity contribution is 0.311. The number of halogens is 1. The third-order valence-corrected chi connectivity index (χ3v) is 1.51. The molecular formula is C8H14ClN3O2. The molecule has 0 unspecified atom stereocenters. The van der Waals surface area contributed by atoms with Crippen molar-refractivity contribution in [1.29, 1.82) is 0 Å². The van der Waals surface area contributed by atoms with E-state index in [4.69, 9.17) is 15.6 Å². The number of aromatic nitrogens is 1. The summed E-state index contributed by atoms with van der Waals surface area (Å²) in [5.74, 6) is 1.03. The first kappa shape index (κ1) is 12.8. The van der Waals surface area contributed by atoms with Gasteiger partial charge in [0.2, 0.25) is 5.88 Å². The molecule has 0 aliphatic rings. The van der Waals surface area contributed by atoms with Crippen molar-refractivity contribution in [2.24, 2.45) is 0 Å². The van der Waals surface area contributed by atoms with Gasteiger partial charge in [-0.3, -0.25) is 0 Å². The highest BCUT2D eigenvalue weighted by molar-refractivity contribution is 5.85. The Hall–Kier alpha value is -1.20. The number of nitrogens with zero attached hydrogens (tertiary/aromatic N) is 1. The first-order chi connectivity index (χ1) is 6.27. The SMILES string of the molecule is COc1ccc(N)c(NCCO)n1.Cl. The van der Waals surface area contributed by atoms with E-state index in [1.165, 1.54) is 7.11 Å². The number of anilines is 2. The highest BCUT2D eigenvalue weighted by Gasteiger charge is 2.01. The predicted octanol–water partition coefficient (Wildman–Crippen LogP) is 0.498. The van der Waals surface area contributed by atoms with E-state index in [0.717, 1.165) is 0 Å². The standard InChI is InChI=1S/C8H13N3O2.ClH/c1-13-7-3-2-6(9)8(11-7)10-4-5-12;/h2-3,12H,4-5,9H2,1H3,(H,10,11);1H. The van der Waals surface area contributed by atoms with Gasteiger partial charge < -0.3 is 20.9 Å². The quantitative estimate of drug-likeness (QED) is 0.687. The molecule has 14 heavy (non-hydrogen) atoms. The number of ether oxygens (including phenoxy) is 1. The molecule has 0 saturated heterocycles. The molecule has 1 rings (SSSR count). The van der Waals surface area contributed by atoms with Crippen LogP contribution in [0.15, 0.2) is 12.1 Å². The maximum atomic E-state index is 8.58. The Balaban J connectivity index is 0.00000169. The largest absolute Gasteiger partial charge is 0.481 e. The molecule has 1 aromatic heterocycles. The molecule has 1 aromatic rings. The lowest BCUT2D eigenvalue weighted by atomic mass is 10.4. The van der Waals surface area contributed by atoms with Crippen LogP contribution in [-0.2, 0) is 0 Å². The molecule has 5 nitrogen and oxygen atoms in total. The van der Waals surface area contributed by atoms with E-state index >= 15 is 0 Å². The molecular weight excluding hydrogens is 206 g/mol. The molecule has 0 fully saturated rings. The van der Waals surface area contributed by atoms with Crippen LogP contribution < -0.4 is 15.8 Å². The summed E-state index contributed by atoms with van der Waals surface area (Å²) in [6, 6.07) is 3.38. The normalized spacial score (nSPS) is 9.00. The van der Waals surface area contributed by atoms with Crippen molar-refractivity contribution < 1.29 is 9.84 Å². The summed E-state index contributed by atoms with van der Waals surface area (Å²) in [6.07, 6.45) is 0. The monoisotopic (exact) mass is 219 g/mol. The summed E-state index contributed by atoms with van der Waals surface area (Å²) in [5.41, 5.74) is 6.16. The van der Waals surface area contributed by atoms with E-state index in [2.05, 4.69) is 10.3 Å². The number of nitrogens with one attached hydrogen (secondary N) is 1. The van der Waals surface area contributed by atoms with Crippen LogP contribution in [-0.4, -0.2) is 30.4 Å². The second-order valence-electron chi connectivity index (χ2n) is 2.44. The van der Waals surface area contributed by atoms with Crippen molar-refractivity contribution in [3.05, 3.63) is 12.1 Å². The lowest BCUT2D eigenvalue weighted by Crippen LogP contribution is -2.09. The Morgan fingerprint density at radius 2 is 2.29 bits per heavy atom. The van der Waals surface area contributed by atoms with Gasteiger partial charge in [-0.15, -0.1) is 12.4 Å². The van der Waals surface area contributed by atoms with Crippen LogP contribution in [0.3, 0.4) is 0 Å². The average Bonchev–Trinajstić information content (AvgIpc) is 2.17. The van der Waals surface area contributed by atoms with Crippen molar-refractivity contribution in [1.82, 2.24) is 4.98 Å². The molecule has 0 amide bonds. The summed E-state index contributed by atoms with van der Waals surface area (Å²) in [5, 5.41) is 11.5. The molecule has 0 aromatic carbocycles. The topological polar surface area (TPSA) is 80.4 Å². The van der Waals surface area contributed by atoms with Crippen molar-refractivity contribution in [2.45, 2.75) is 0 Å². The molecule has 0 atom stereocenters. The van der Waals surface area contributed by atoms with Crippen LogP contribution in [0.5, 0.6) is 5.88 Å². The van der Waals surface area contributed by atoms with Gasteiger partial charge in [0.15, 0.2) is 5.82 Å². The fraction of sp³-hybridized carbons (Fsp3) is 0.375. The fourth-order valence-corrected chi connectivity index (χ4v) is 0.882. The summed E-state index contributed by atoms with van der Waals surface area (Å²) >= 11 is 0. The summed E-state index contributed by atoms with van der Waals surface area (Å²) in [7, 11) is 1.54. The molecule has 0 spiro atoms. The third-order valence-electron chi connectivity index (χ3n) is 1.51. The molecule has 0 radical (unpaired) electrons. The summed E-state index contributed by atoms with van der Waals surface area (Å²) in [4.78, 5) is 4.06. The van der Waals surface area contributed by atoms with Crippen LogP contribution in [0.25, 0.3) is 0 Å². The molecule has 0 bridgehead atoms. The maximum Gasteiger partial charge on any atom is 0.215 e. The maximum absolute atomic E-state index is 8.58. The Labute approximate surface area is 88.7 Å². The third kappa shape index (κ3) is 3.27.